The average molecular weight is 629 g/mol. The van der Waals surface area contributed by atoms with E-state index >= 15 is 0 Å². The number of nitrogens with one attached hydrogen (secondary N) is 1. The standard InChI is InChI=1S/C33H29FN4O6S/c1-36-32(39)29-23-15-22(25(38(2)45(4,40)41)16-28(23)43-31(29)18-8-11-21(34)12-9-18)19-10-13-26(42-3)24(14-19)33-37-30-20(17-35)6-5-7-27(30)44-33/h5-16H,17,35H2,1-4H3,(H,36,39). The molecule has 0 saturated heterocycles. The topological polar surface area (TPSA) is 141 Å². The van der Waals surface area contributed by atoms with E-state index < -0.39 is 21.7 Å². The van der Waals surface area contributed by atoms with Crippen molar-refractivity contribution >= 4 is 43.7 Å². The fourth-order valence-electron chi connectivity index (χ4n) is 5.29. The Hall–Kier alpha value is -5.20. The van der Waals surface area contributed by atoms with Gasteiger partial charge in [-0.2, -0.15) is 0 Å². The number of benzene rings is 4. The van der Waals surface area contributed by atoms with Gasteiger partial charge in [0, 0.05) is 43.2 Å². The number of oxazole rings is 1. The minimum Gasteiger partial charge on any atom is -0.496 e. The first-order chi connectivity index (χ1) is 21.5. The lowest BCUT2D eigenvalue weighted by atomic mass is 9.97. The van der Waals surface area contributed by atoms with Crippen molar-refractivity contribution in [3.63, 3.8) is 0 Å². The van der Waals surface area contributed by atoms with Gasteiger partial charge in [-0.3, -0.25) is 9.10 Å². The highest BCUT2D eigenvalue weighted by atomic mass is 32.2. The molecule has 12 heteroatoms. The van der Waals surface area contributed by atoms with Crippen LogP contribution < -0.4 is 20.1 Å². The summed E-state index contributed by atoms with van der Waals surface area (Å²) in [6.45, 7) is 0.278. The number of ether oxygens (including phenoxy) is 1. The maximum Gasteiger partial charge on any atom is 0.255 e. The van der Waals surface area contributed by atoms with Crippen molar-refractivity contribution < 1.29 is 31.2 Å². The third-order valence-electron chi connectivity index (χ3n) is 7.67. The molecule has 3 N–H and O–H groups in total. The zero-order valence-corrected chi connectivity index (χ0v) is 25.7. The van der Waals surface area contributed by atoms with Gasteiger partial charge in [-0.05, 0) is 59.7 Å². The van der Waals surface area contributed by atoms with Gasteiger partial charge < -0.3 is 24.6 Å². The number of sulfonamides is 1. The third kappa shape index (κ3) is 5.28. The number of hydrogen-bond acceptors (Lipinski definition) is 8. The molecule has 0 aliphatic carbocycles. The van der Waals surface area contributed by atoms with Crippen LogP contribution in [0.25, 0.3) is 56.0 Å². The fourth-order valence-corrected chi connectivity index (χ4v) is 5.79. The fraction of sp³-hybridized carbons (Fsp3) is 0.152. The maximum absolute atomic E-state index is 13.7. The molecule has 0 atom stereocenters. The van der Waals surface area contributed by atoms with Crippen LogP contribution >= 0.6 is 0 Å². The molecule has 4 aromatic carbocycles. The normalized spacial score (nSPS) is 11.7. The largest absolute Gasteiger partial charge is 0.496 e. The molecule has 230 valence electrons. The van der Waals surface area contributed by atoms with E-state index in [9.17, 15) is 17.6 Å². The number of carbonyl (C=O) groups excluding carboxylic acids is 1. The molecule has 10 nitrogen and oxygen atoms in total. The van der Waals surface area contributed by atoms with Crippen molar-refractivity contribution in [3.05, 3.63) is 89.7 Å². The van der Waals surface area contributed by atoms with E-state index in [0.717, 1.165) is 16.1 Å². The Morgan fingerprint density at radius 3 is 2.40 bits per heavy atom. The molecule has 1 amide bonds. The van der Waals surface area contributed by atoms with E-state index in [0.29, 0.717) is 50.2 Å². The van der Waals surface area contributed by atoms with Crippen LogP contribution in [0.2, 0.25) is 0 Å². The minimum absolute atomic E-state index is 0.215. The highest BCUT2D eigenvalue weighted by Crippen LogP contribution is 2.43. The number of amides is 1. The lowest BCUT2D eigenvalue weighted by Gasteiger charge is -2.21. The van der Waals surface area contributed by atoms with Crippen molar-refractivity contribution in [2.24, 2.45) is 5.73 Å². The van der Waals surface area contributed by atoms with E-state index in [2.05, 4.69) is 5.32 Å². The summed E-state index contributed by atoms with van der Waals surface area (Å²) < 4.78 is 58.4. The summed E-state index contributed by atoms with van der Waals surface area (Å²) >= 11 is 0. The molecule has 0 aliphatic rings. The van der Waals surface area contributed by atoms with Gasteiger partial charge in [-0.1, -0.05) is 18.2 Å². The van der Waals surface area contributed by atoms with Gasteiger partial charge in [0.05, 0.1) is 30.2 Å². The first kappa shape index (κ1) is 29.9. The molecule has 2 heterocycles. The average Bonchev–Trinajstić information content (AvgIpc) is 3.64. The Morgan fingerprint density at radius 1 is 1.00 bits per heavy atom. The molecule has 2 aromatic heterocycles. The number of aromatic nitrogens is 1. The second-order valence-electron chi connectivity index (χ2n) is 10.4. The lowest BCUT2D eigenvalue weighted by molar-refractivity contribution is 0.0964. The molecule has 0 fully saturated rings. The number of carbonyl (C=O) groups is 1. The molecule has 0 radical (unpaired) electrons. The quantitative estimate of drug-likeness (QED) is 0.211. The molecule has 0 bridgehead atoms. The van der Waals surface area contributed by atoms with Crippen LogP contribution in [0.3, 0.4) is 0 Å². The van der Waals surface area contributed by atoms with Gasteiger partial charge in [0.1, 0.15) is 28.4 Å². The predicted molar refractivity (Wildman–Crippen MR) is 171 cm³/mol. The van der Waals surface area contributed by atoms with Crippen molar-refractivity contribution in [3.8, 4) is 39.7 Å². The van der Waals surface area contributed by atoms with E-state index in [-0.39, 0.29) is 29.3 Å². The molecule has 0 spiro atoms. The van der Waals surface area contributed by atoms with E-state index in [1.165, 1.54) is 45.5 Å². The second kappa shape index (κ2) is 11.4. The van der Waals surface area contributed by atoms with Crippen molar-refractivity contribution in [1.82, 2.24) is 10.3 Å². The van der Waals surface area contributed by atoms with Gasteiger partial charge in [0.2, 0.25) is 15.9 Å². The van der Waals surface area contributed by atoms with Gasteiger partial charge in [-0.25, -0.2) is 17.8 Å². The highest BCUT2D eigenvalue weighted by molar-refractivity contribution is 7.92. The number of anilines is 1. The number of halogens is 1. The van der Waals surface area contributed by atoms with Crippen molar-refractivity contribution in [2.45, 2.75) is 6.54 Å². The van der Waals surface area contributed by atoms with Gasteiger partial charge in [0.15, 0.2) is 5.58 Å². The van der Waals surface area contributed by atoms with Crippen LogP contribution in [-0.2, 0) is 16.6 Å². The summed E-state index contributed by atoms with van der Waals surface area (Å²) in [5.74, 6) is 0.112. The number of nitrogens with two attached hydrogens (primary N) is 1. The molecule has 45 heavy (non-hydrogen) atoms. The Balaban J connectivity index is 1.63. The summed E-state index contributed by atoms with van der Waals surface area (Å²) in [6, 6.07) is 19.6. The molecule has 0 saturated carbocycles. The summed E-state index contributed by atoms with van der Waals surface area (Å²) in [4.78, 5) is 17.9. The van der Waals surface area contributed by atoms with E-state index in [4.69, 9.17) is 24.3 Å². The van der Waals surface area contributed by atoms with Crippen molar-refractivity contribution in [1.29, 1.82) is 0 Å². The van der Waals surface area contributed by atoms with Crippen LogP contribution in [0.1, 0.15) is 15.9 Å². The molecule has 6 rings (SSSR count). The minimum atomic E-state index is -3.73. The Labute approximate surface area is 258 Å². The summed E-state index contributed by atoms with van der Waals surface area (Å²) in [6.07, 6.45) is 1.09. The maximum atomic E-state index is 13.7. The van der Waals surface area contributed by atoms with Gasteiger partial charge in [0.25, 0.3) is 5.91 Å². The lowest BCUT2D eigenvalue weighted by Crippen LogP contribution is -2.25. The van der Waals surface area contributed by atoms with Gasteiger partial charge in [-0.15, -0.1) is 0 Å². The van der Waals surface area contributed by atoms with E-state index in [1.807, 2.05) is 12.1 Å². The van der Waals surface area contributed by atoms with Crippen LogP contribution in [-0.4, -0.2) is 46.8 Å². The monoisotopic (exact) mass is 628 g/mol. The van der Waals surface area contributed by atoms with Crippen LogP contribution in [0, 0.1) is 5.82 Å². The second-order valence-corrected chi connectivity index (χ2v) is 12.4. The zero-order chi connectivity index (χ0) is 32.0. The first-order valence-corrected chi connectivity index (χ1v) is 15.7. The highest BCUT2D eigenvalue weighted by Gasteiger charge is 2.27. The Kier molecular flexibility index (Phi) is 7.55. The van der Waals surface area contributed by atoms with Crippen molar-refractivity contribution in [2.75, 3.05) is 31.8 Å². The molecule has 6 aromatic rings. The number of fused-ring (bicyclic) bond motifs is 2. The third-order valence-corrected chi connectivity index (χ3v) is 8.86. The summed E-state index contributed by atoms with van der Waals surface area (Å²) in [5, 5.41) is 3.08. The zero-order valence-electron chi connectivity index (χ0n) is 24.8. The van der Waals surface area contributed by atoms with Crippen LogP contribution in [0.15, 0.2) is 81.6 Å². The van der Waals surface area contributed by atoms with Gasteiger partial charge >= 0.3 is 0 Å². The Morgan fingerprint density at radius 2 is 1.73 bits per heavy atom. The van der Waals surface area contributed by atoms with Crippen LogP contribution in [0.4, 0.5) is 10.1 Å². The number of rotatable bonds is 8. The number of hydrogen-bond donors (Lipinski definition) is 2. The molecule has 0 unspecified atom stereocenters. The molecular weight excluding hydrogens is 599 g/mol. The first-order valence-electron chi connectivity index (χ1n) is 13.8. The molecular formula is C33H29FN4O6S. The molecule has 0 aliphatic heterocycles. The van der Waals surface area contributed by atoms with E-state index in [1.54, 1.807) is 36.4 Å². The number of para-hydroxylation sites is 1. The predicted octanol–water partition coefficient (Wildman–Crippen LogP) is 5.94. The van der Waals surface area contributed by atoms with Crippen LogP contribution in [0.5, 0.6) is 5.75 Å². The summed E-state index contributed by atoms with van der Waals surface area (Å²) in [5.41, 5.74) is 10.8. The number of furan rings is 1. The summed E-state index contributed by atoms with van der Waals surface area (Å²) in [7, 11) is 0.722. The Bertz CT molecular complexity index is 2210. The SMILES string of the molecule is CNC(=O)c1c(-c2ccc(F)cc2)oc2cc(N(C)S(C)(=O)=O)c(-c3ccc(OC)c(-c4nc5c(CN)cccc5o4)c3)cc12. The smallest absolute Gasteiger partial charge is 0.255 e. The number of nitrogens with zero attached hydrogens (tertiary/aromatic N) is 2. The number of methoxy groups -OCH3 is 1.